The van der Waals surface area contributed by atoms with Gasteiger partial charge in [0, 0.05) is 44.2 Å². The van der Waals surface area contributed by atoms with Crippen LogP contribution in [0.3, 0.4) is 0 Å². The van der Waals surface area contributed by atoms with Crippen LogP contribution < -0.4 is 14.9 Å². The average molecular weight is 690 g/mol. The summed E-state index contributed by atoms with van der Waals surface area (Å²) in [6.07, 6.45) is 3.98. The zero-order valence-corrected chi connectivity index (χ0v) is 29.0. The number of benzene rings is 4. The molecule has 7 rings (SSSR count). The number of esters is 1. The van der Waals surface area contributed by atoms with Crippen molar-refractivity contribution in [2.75, 3.05) is 12.9 Å². The SMILES string of the molecule is CCOC(=O)C1=C(c2ccccc2)N=c2s/c(=C/c3c(C)n(Cc4ccccc4Cl)c4ccccc34)c(=O)n2[C@@H]1c1ccc(SC)cc1. The highest BCUT2D eigenvalue weighted by atomic mass is 35.5. The summed E-state index contributed by atoms with van der Waals surface area (Å²) in [5, 5.41) is 1.75. The Morgan fingerprint density at radius 3 is 2.42 bits per heavy atom. The second-order valence-corrected chi connectivity index (χ2v) is 13.7. The Morgan fingerprint density at radius 1 is 0.979 bits per heavy atom. The molecular formula is C39H32ClN3O3S2. The third kappa shape index (κ3) is 5.74. The normalized spacial score (nSPS) is 14.7. The third-order valence-corrected chi connectivity index (χ3v) is 10.7. The summed E-state index contributed by atoms with van der Waals surface area (Å²) in [7, 11) is 0. The molecule has 240 valence electrons. The van der Waals surface area contributed by atoms with Crippen molar-refractivity contribution >= 4 is 63.3 Å². The van der Waals surface area contributed by atoms with Gasteiger partial charge in [-0.3, -0.25) is 9.36 Å². The van der Waals surface area contributed by atoms with Gasteiger partial charge in [-0.15, -0.1) is 11.8 Å². The van der Waals surface area contributed by atoms with E-state index >= 15 is 0 Å². The van der Waals surface area contributed by atoms with Gasteiger partial charge in [-0.1, -0.05) is 102 Å². The smallest absolute Gasteiger partial charge is 0.338 e. The Morgan fingerprint density at radius 2 is 1.69 bits per heavy atom. The second kappa shape index (κ2) is 13.5. The van der Waals surface area contributed by atoms with Gasteiger partial charge in [-0.05, 0) is 61.6 Å². The van der Waals surface area contributed by atoms with Crippen LogP contribution >= 0.6 is 34.7 Å². The van der Waals surface area contributed by atoms with E-state index in [-0.39, 0.29) is 12.2 Å². The van der Waals surface area contributed by atoms with E-state index in [0.29, 0.717) is 32.2 Å². The van der Waals surface area contributed by atoms with Crippen molar-refractivity contribution in [3.05, 3.63) is 161 Å². The largest absolute Gasteiger partial charge is 0.463 e. The maximum Gasteiger partial charge on any atom is 0.338 e. The van der Waals surface area contributed by atoms with E-state index in [0.717, 1.165) is 43.7 Å². The van der Waals surface area contributed by atoms with Gasteiger partial charge in [0.05, 0.1) is 28.5 Å². The van der Waals surface area contributed by atoms with Gasteiger partial charge in [0.2, 0.25) is 0 Å². The molecule has 9 heteroatoms. The van der Waals surface area contributed by atoms with Crippen LogP contribution in [0.1, 0.15) is 40.9 Å². The summed E-state index contributed by atoms with van der Waals surface area (Å²) in [4.78, 5) is 35.0. The number of halogens is 1. The van der Waals surface area contributed by atoms with Crippen molar-refractivity contribution in [3.8, 4) is 0 Å². The number of thiazole rings is 1. The molecule has 0 N–H and O–H groups in total. The molecule has 3 heterocycles. The summed E-state index contributed by atoms with van der Waals surface area (Å²) < 4.78 is 10.0. The zero-order valence-electron chi connectivity index (χ0n) is 26.6. The number of nitrogens with zero attached hydrogens (tertiary/aromatic N) is 3. The highest BCUT2D eigenvalue weighted by molar-refractivity contribution is 7.98. The van der Waals surface area contributed by atoms with E-state index in [1.807, 2.05) is 103 Å². The number of fused-ring (bicyclic) bond motifs is 2. The molecule has 6 aromatic rings. The number of aromatic nitrogens is 2. The number of hydrogen-bond donors (Lipinski definition) is 0. The minimum atomic E-state index is -0.726. The van der Waals surface area contributed by atoms with Gasteiger partial charge in [-0.2, -0.15) is 0 Å². The van der Waals surface area contributed by atoms with Crippen molar-refractivity contribution < 1.29 is 9.53 Å². The Balaban J connectivity index is 1.47. The Hall–Kier alpha value is -4.63. The van der Waals surface area contributed by atoms with E-state index < -0.39 is 12.0 Å². The fourth-order valence-electron chi connectivity index (χ4n) is 6.31. The molecule has 0 unspecified atom stereocenters. The van der Waals surface area contributed by atoms with E-state index in [9.17, 15) is 9.59 Å². The molecule has 0 radical (unpaired) electrons. The van der Waals surface area contributed by atoms with Crippen LogP contribution in [0.15, 0.2) is 123 Å². The molecule has 0 spiro atoms. The molecule has 0 fully saturated rings. The van der Waals surface area contributed by atoms with Crippen LogP contribution in [0.4, 0.5) is 0 Å². The molecule has 0 aliphatic carbocycles. The Kier molecular flexibility index (Phi) is 8.96. The predicted molar refractivity (Wildman–Crippen MR) is 197 cm³/mol. The minimum Gasteiger partial charge on any atom is -0.463 e. The molecular weight excluding hydrogens is 658 g/mol. The molecule has 6 nitrogen and oxygen atoms in total. The van der Waals surface area contributed by atoms with E-state index in [2.05, 4.69) is 23.6 Å². The number of para-hydroxylation sites is 1. The average Bonchev–Trinajstić information content (AvgIpc) is 3.57. The molecule has 4 aromatic carbocycles. The number of thioether (sulfide) groups is 1. The molecule has 0 saturated heterocycles. The first-order valence-electron chi connectivity index (χ1n) is 15.6. The predicted octanol–water partition coefficient (Wildman–Crippen LogP) is 7.62. The van der Waals surface area contributed by atoms with Crippen molar-refractivity contribution in [1.29, 1.82) is 0 Å². The van der Waals surface area contributed by atoms with Gasteiger partial charge in [-0.25, -0.2) is 9.79 Å². The second-order valence-electron chi connectivity index (χ2n) is 11.4. The molecule has 1 aliphatic rings. The van der Waals surface area contributed by atoms with Crippen LogP contribution in [0.2, 0.25) is 5.02 Å². The van der Waals surface area contributed by atoms with E-state index in [1.54, 1.807) is 23.3 Å². The van der Waals surface area contributed by atoms with Crippen LogP contribution in [0.5, 0.6) is 0 Å². The van der Waals surface area contributed by atoms with E-state index in [4.69, 9.17) is 21.3 Å². The van der Waals surface area contributed by atoms with Gasteiger partial charge >= 0.3 is 5.97 Å². The Labute approximate surface area is 291 Å². The van der Waals surface area contributed by atoms with Gasteiger partial charge in [0.1, 0.15) is 0 Å². The molecule has 0 bridgehead atoms. The first-order valence-corrected chi connectivity index (χ1v) is 18.0. The van der Waals surface area contributed by atoms with Crippen LogP contribution in [-0.4, -0.2) is 28.0 Å². The van der Waals surface area contributed by atoms with Crippen LogP contribution in [0, 0.1) is 6.92 Å². The van der Waals surface area contributed by atoms with Crippen LogP contribution in [0.25, 0.3) is 22.7 Å². The molecule has 1 atom stereocenters. The topological polar surface area (TPSA) is 65.6 Å². The van der Waals surface area contributed by atoms with Crippen molar-refractivity contribution in [2.45, 2.75) is 31.3 Å². The molecule has 48 heavy (non-hydrogen) atoms. The number of hydrogen-bond acceptors (Lipinski definition) is 6. The zero-order chi connectivity index (χ0) is 33.4. The Bertz CT molecular complexity index is 2390. The lowest BCUT2D eigenvalue weighted by Gasteiger charge is -2.26. The van der Waals surface area contributed by atoms with Gasteiger partial charge in [0.15, 0.2) is 4.80 Å². The first kappa shape index (κ1) is 31.9. The van der Waals surface area contributed by atoms with Gasteiger partial charge in [0.25, 0.3) is 5.56 Å². The monoisotopic (exact) mass is 689 g/mol. The number of carbonyl (C=O) groups excluding carboxylic acids is 1. The lowest BCUT2D eigenvalue weighted by molar-refractivity contribution is -0.138. The first-order chi connectivity index (χ1) is 23.4. The van der Waals surface area contributed by atoms with Crippen molar-refractivity contribution in [3.63, 3.8) is 0 Å². The standard InChI is InChI=1S/C39H32ClN3O3S2/c1-4-46-38(45)34-35(25-12-6-5-7-13-25)41-39-43(36(34)26-18-20-28(47-3)21-19-26)37(44)33(48-39)22-30-24(2)42(32-17-11-9-15-29(30)32)23-27-14-8-10-16-31(27)40/h5-22,36H,4,23H2,1-3H3/b33-22+/t36-/m1/s1. The summed E-state index contributed by atoms with van der Waals surface area (Å²) >= 11 is 9.53. The maximum atomic E-state index is 14.6. The van der Waals surface area contributed by atoms with Gasteiger partial charge < -0.3 is 9.30 Å². The quantitative estimate of drug-likeness (QED) is 0.122. The molecule has 0 saturated carbocycles. The van der Waals surface area contributed by atoms with Crippen molar-refractivity contribution in [1.82, 2.24) is 9.13 Å². The number of carbonyl (C=O) groups is 1. The fourth-order valence-corrected chi connectivity index (χ4v) is 7.90. The number of rotatable bonds is 8. The highest BCUT2D eigenvalue weighted by Crippen LogP contribution is 2.36. The van der Waals surface area contributed by atoms with E-state index in [1.165, 1.54) is 11.3 Å². The molecule has 2 aromatic heterocycles. The lowest BCUT2D eigenvalue weighted by atomic mass is 9.93. The maximum absolute atomic E-state index is 14.6. The summed E-state index contributed by atoms with van der Waals surface area (Å²) in [6, 6.07) is 32.9. The lowest BCUT2D eigenvalue weighted by Crippen LogP contribution is -2.40. The summed E-state index contributed by atoms with van der Waals surface area (Å²) in [5.74, 6) is -0.494. The third-order valence-electron chi connectivity index (χ3n) is 8.65. The summed E-state index contributed by atoms with van der Waals surface area (Å²) in [5.41, 5.74) is 6.26. The highest BCUT2D eigenvalue weighted by Gasteiger charge is 2.35. The molecule has 0 amide bonds. The summed E-state index contributed by atoms with van der Waals surface area (Å²) in [6.45, 7) is 4.64. The van der Waals surface area contributed by atoms with Crippen molar-refractivity contribution in [2.24, 2.45) is 4.99 Å². The molecule has 1 aliphatic heterocycles. The minimum absolute atomic E-state index is 0.199. The number of ether oxygens (including phenoxy) is 1. The van der Waals surface area contributed by atoms with Crippen LogP contribution in [-0.2, 0) is 16.1 Å². The fraction of sp³-hybridized carbons (Fsp3) is 0.154.